The van der Waals surface area contributed by atoms with E-state index in [9.17, 15) is 9.59 Å². The monoisotopic (exact) mass is 317 g/mol. The van der Waals surface area contributed by atoms with E-state index in [1.54, 1.807) is 12.1 Å². The maximum absolute atomic E-state index is 11.6. The Labute approximate surface area is 96.7 Å². The SMILES string of the molecule is O=C(O)c1nnc2ccc(I)cn2c1=O. The first-order valence-electron chi connectivity index (χ1n) is 3.87. The number of pyridine rings is 1. The van der Waals surface area contributed by atoms with E-state index in [1.807, 2.05) is 22.6 Å². The van der Waals surface area contributed by atoms with Crippen molar-refractivity contribution in [1.29, 1.82) is 0 Å². The molecule has 0 saturated heterocycles. The van der Waals surface area contributed by atoms with Crippen molar-refractivity contribution >= 4 is 34.2 Å². The largest absolute Gasteiger partial charge is 0.476 e. The Balaban J connectivity index is 2.89. The van der Waals surface area contributed by atoms with Gasteiger partial charge in [-0.1, -0.05) is 0 Å². The van der Waals surface area contributed by atoms with Crippen LogP contribution < -0.4 is 5.56 Å². The number of aromatic carboxylic acids is 1. The molecule has 2 aromatic heterocycles. The summed E-state index contributed by atoms with van der Waals surface area (Å²) in [6, 6.07) is 3.35. The molecule has 7 heteroatoms. The number of halogens is 1. The van der Waals surface area contributed by atoms with Gasteiger partial charge in [-0.25, -0.2) is 4.79 Å². The van der Waals surface area contributed by atoms with Crippen LogP contribution in [-0.2, 0) is 0 Å². The highest BCUT2D eigenvalue weighted by Crippen LogP contribution is 2.04. The predicted molar refractivity (Wildman–Crippen MR) is 58.9 cm³/mol. The number of carboxylic acids is 1. The number of aromatic nitrogens is 3. The van der Waals surface area contributed by atoms with Crippen LogP contribution in [0.4, 0.5) is 0 Å². The summed E-state index contributed by atoms with van der Waals surface area (Å²) in [5.41, 5.74) is -0.925. The van der Waals surface area contributed by atoms with Gasteiger partial charge in [0.25, 0.3) is 5.56 Å². The lowest BCUT2D eigenvalue weighted by molar-refractivity contribution is 0.0687. The number of nitrogens with zero attached hydrogens (tertiary/aromatic N) is 3. The smallest absolute Gasteiger partial charge is 0.362 e. The van der Waals surface area contributed by atoms with Gasteiger partial charge in [0.15, 0.2) is 5.65 Å². The Bertz CT molecular complexity index is 608. The van der Waals surface area contributed by atoms with E-state index in [0.29, 0.717) is 5.65 Å². The summed E-state index contributed by atoms with van der Waals surface area (Å²) in [6.07, 6.45) is 1.51. The van der Waals surface area contributed by atoms with E-state index in [2.05, 4.69) is 10.2 Å². The fraction of sp³-hybridized carbons (Fsp3) is 0. The average Bonchev–Trinajstić information content (AvgIpc) is 2.19. The molecule has 0 fully saturated rings. The second-order valence-electron chi connectivity index (χ2n) is 2.73. The molecule has 0 spiro atoms. The van der Waals surface area contributed by atoms with Crippen molar-refractivity contribution in [2.24, 2.45) is 0 Å². The van der Waals surface area contributed by atoms with Crippen molar-refractivity contribution in [2.75, 3.05) is 0 Å². The van der Waals surface area contributed by atoms with Crippen molar-refractivity contribution in [2.45, 2.75) is 0 Å². The normalized spacial score (nSPS) is 10.5. The molecule has 0 aliphatic rings. The molecule has 15 heavy (non-hydrogen) atoms. The molecule has 76 valence electrons. The summed E-state index contributed by atoms with van der Waals surface area (Å²) < 4.78 is 1.98. The topological polar surface area (TPSA) is 84.6 Å². The minimum Gasteiger partial charge on any atom is -0.476 e. The zero-order valence-corrected chi connectivity index (χ0v) is 9.37. The van der Waals surface area contributed by atoms with Gasteiger partial charge in [-0.15, -0.1) is 10.2 Å². The summed E-state index contributed by atoms with van der Waals surface area (Å²) in [6.45, 7) is 0. The average molecular weight is 317 g/mol. The fourth-order valence-electron chi connectivity index (χ4n) is 1.10. The summed E-state index contributed by atoms with van der Waals surface area (Å²) >= 11 is 2.02. The van der Waals surface area contributed by atoms with Gasteiger partial charge in [0.05, 0.1) is 0 Å². The van der Waals surface area contributed by atoms with Crippen LogP contribution in [-0.4, -0.2) is 25.7 Å². The second-order valence-corrected chi connectivity index (χ2v) is 3.98. The fourth-order valence-corrected chi connectivity index (χ4v) is 1.56. The third-order valence-electron chi connectivity index (χ3n) is 1.77. The highest BCUT2D eigenvalue weighted by atomic mass is 127. The van der Waals surface area contributed by atoms with E-state index in [0.717, 1.165) is 7.97 Å². The molecule has 0 saturated carbocycles. The minimum absolute atomic E-state index is 0.324. The Morgan fingerprint density at radius 1 is 1.40 bits per heavy atom. The van der Waals surface area contributed by atoms with Gasteiger partial charge in [-0.3, -0.25) is 9.20 Å². The molecular weight excluding hydrogens is 313 g/mol. The summed E-state index contributed by atoms with van der Waals surface area (Å²) in [4.78, 5) is 22.2. The molecule has 1 N–H and O–H groups in total. The minimum atomic E-state index is -1.37. The number of fused-ring (bicyclic) bond motifs is 1. The highest BCUT2D eigenvalue weighted by Gasteiger charge is 2.13. The Morgan fingerprint density at radius 2 is 2.13 bits per heavy atom. The zero-order chi connectivity index (χ0) is 11.0. The molecule has 0 unspecified atom stereocenters. The lowest BCUT2D eigenvalue weighted by Crippen LogP contribution is -2.25. The number of rotatable bonds is 1. The molecule has 0 radical (unpaired) electrons. The Morgan fingerprint density at radius 3 is 2.80 bits per heavy atom. The van der Waals surface area contributed by atoms with Gasteiger partial charge in [-0.05, 0) is 34.7 Å². The first kappa shape index (κ1) is 10.0. The molecule has 6 nitrogen and oxygen atoms in total. The van der Waals surface area contributed by atoms with Crippen molar-refractivity contribution in [1.82, 2.24) is 14.6 Å². The van der Waals surface area contributed by atoms with Gasteiger partial charge in [0.1, 0.15) is 0 Å². The maximum Gasteiger partial charge on any atom is 0.362 e. The van der Waals surface area contributed by atoms with E-state index in [1.165, 1.54) is 6.20 Å². The van der Waals surface area contributed by atoms with Gasteiger partial charge >= 0.3 is 5.97 Å². The standard InChI is InChI=1S/C8H4IN3O3/c9-4-1-2-5-10-11-6(8(14)15)7(13)12(5)3-4/h1-3H,(H,14,15). The van der Waals surface area contributed by atoms with Crippen molar-refractivity contribution in [3.8, 4) is 0 Å². The first-order valence-corrected chi connectivity index (χ1v) is 4.95. The van der Waals surface area contributed by atoms with Gasteiger partial charge < -0.3 is 5.11 Å². The molecular formula is C8H4IN3O3. The lowest BCUT2D eigenvalue weighted by Gasteiger charge is -1.99. The first-order chi connectivity index (χ1) is 7.09. The van der Waals surface area contributed by atoms with Crippen molar-refractivity contribution in [3.05, 3.63) is 37.9 Å². The van der Waals surface area contributed by atoms with E-state index in [-0.39, 0.29) is 0 Å². The van der Waals surface area contributed by atoms with E-state index < -0.39 is 17.2 Å². The summed E-state index contributed by atoms with van der Waals surface area (Å²) in [5, 5.41) is 15.7. The number of carboxylic acid groups (broad SMARTS) is 1. The Hall–Kier alpha value is -1.51. The van der Waals surface area contributed by atoms with Crippen LogP contribution in [0.5, 0.6) is 0 Å². The van der Waals surface area contributed by atoms with Crippen LogP contribution >= 0.6 is 22.6 Å². The summed E-state index contributed by atoms with van der Waals surface area (Å²) in [7, 11) is 0. The highest BCUT2D eigenvalue weighted by molar-refractivity contribution is 14.1. The van der Waals surface area contributed by atoms with Crippen LogP contribution in [0, 0.1) is 3.57 Å². The maximum atomic E-state index is 11.6. The molecule has 2 aromatic rings. The van der Waals surface area contributed by atoms with Crippen LogP contribution in [0.15, 0.2) is 23.1 Å². The predicted octanol–water partition coefficient (Wildman–Crippen LogP) is 0.392. The summed E-state index contributed by atoms with van der Waals surface area (Å²) in [5.74, 6) is -1.37. The molecule has 2 heterocycles. The third kappa shape index (κ3) is 1.69. The van der Waals surface area contributed by atoms with Crippen molar-refractivity contribution in [3.63, 3.8) is 0 Å². The number of carbonyl (C=O) groups is 1. The molecule has 0 aliphatic carbocycles. The molecule has 0 aromatic carbocycles. The quantitative estimate of drug-likeness (QED) is 0.769. The second kappa shape index (κ2) is 3.57. The van der Waals surface area contributed by atoms with Crippen LogP contribution in [0.25, 0.3) is 5.65 Å². The molecule has 0 atom stereocenters. The van der Waals surface area contributed by atoms with Gasteiger partial charge in [0, 0.05) is 9.77 Å². The van der Waals surface area contributed by atoms with Gasteiger partial charge in [-0.2, -0.15) is 0 Å². The molecule has 0 bridgehead atoms. The molecule has 0 amide bonds. The lowest BCUT2D eigenvalue weighted by atomic mass is 10.4. The number of hydrogen-bond donors (Lipinski definition) is 1. The third-order valence-corrected chi connectivity index (χ3v) is 2.41. The van der Waals surface area contributed by atoms with Gasteiger partial charge in [0.2, 0.25) is 5.69 Å². The van der Waals surface area contributed by atoms with Crippen molar-refractivity contribution < 1.29 is 9.90 Å². The zero-order valence-electron chi connectivity index (χ0n) is 7.22. The Kier molecular flexibility index (Phi) is 2.39. The number of hydrogen-bond acceptors (Lipinski definition) is 4. The van der Waals surface area contributed by atoms with Crippen LogP contribution in [0.1, 0.15) is 10.5 Å². The molecule has 0 aliphatic heterocycles. The van der Waals surface area contributed by atoms with E-state index in [4.69, 9.17) is 5.11 Å². The van der Waals surface area contributed by atoms with Crippen LogP contribution in [0.2, 0.25) is 0 Å². The van der Waals surface area contributed by atoms with Crippen LogP contribution in [0.3, 0.4) is 0 Å². The van der Waals surface area contributed by atoms with E-state index >= 15 is 0 Å². The molecule has 2 rings (SSSR count).